The van der Waals surface area contributed by atoms with Gasteiger partial charge in [-0.25, -0.2) is 4.79 Å². The SMILES string of the molecule is Cn1cc2cc(C(=O)O)n(CC3CC3)c2n1. The van der Waals surface area contributed by atoms with E-state index in [9.17, 15) is 4.79 Å². The van der Waals surface area contributed by atoms with E-state index in [1.807, 2.05) is 17.8 Å². The van der Waals surface area contributed by atoms with Gasteiger partial charge in [-0.3, -0.25) is 4.68 Å². The summed E-state index contributed by atoms with van der Waals surface area (Å²) in [6.07, 6.45) is 4.25. The maximum atomic E-state index is 11.1. The normalized spacial score (nSPS) is 15.8. The van der Waals surface area contributed by atoms with Gasteiger partial charge in [0, 0.05) is 25.2 Å². The molecule has 0 radical (unpaired) electrons. The summed E-state index contributed by atoms with van der Waals surface area (Å²) in [5, 5.41) is 14.3. The van der Waals surface area contributed by atoms with Gasteiger partial charge in [0.25, 0.3) is 0 Å². The zero-order valence-electron chi connectivity index (χ0n) is 9.05. The molecular formula is C11H13N3O2. The number of carboxylic acid groups (broad SMARTS) is 1. The van der Waals surface area contributed by atoms with Crippen molar-refractivity contribution in [2.24, 2.45) is 13.0 Å². The second-order valence-electron chi connectivity index (χ2n) is 4.47. The molecule has 84 valence electrons. The lowest BCUT2D eigenvalue weighted by molar-refractivity contribution is 0.0685. The van der Waals surface area contributed by atoms with Gasteiger partial charge >= 0.3 is 5.97 Å². The molecule has 0 saturated heterocycles. The predicted molar refractivity (Wildman–Crippen MR) is 58.4 cm³/mol. The molecule has 2 aromatic heterocycles. The molecular weight excluding hydrogens is 206 g/mol. The molecule has 3 rings (SSSR count). The first-order valence-corrected chi connectivity index (χ1v) is 5.41. The topological polar surface area (TPSA) is 60.1 Å². The number of carbonyl (C=O) groups is 1. The molecule has 5 nitrogen and oxygen atoms in total. The van der Waals surface area contributed by atoms with Crippen LogP contribution in [0.4, 0.5) is 0 Å². The van der Waals surface area contributed by atoms with E-state index in [4.69, 9.17) is 5.11 Å². The van der Waals surface area contributed by atoms with E-state index in [0.717, 1.165) is 17.6 Å². The average molecular weight is 219 g/mol. The monoisotopic (exact) mass is 219 g/mol. The lowest BCUT2D eigenvalue weighted by Gasteiger charge is -2.04. The van der Waals surface area contributed by atoms with Crippen molar-refractivity contribution < 1.29 is 9.90 Å². The molecule has 0 spiro atoms. The third kappa shape index (κ3) is 1.39. The van der Waals surface area contributed by atoms with Crippen LogP contribution in [0.25, 0.3) is 11.0 Å². The number of hydrogen-bond donors (Lipinski definition) is 1. The number of fused-ring (bicyclic) bond motifs is 1. The molecule has 5 heteroatoms. The summed E-state index contributed by atoms with van der Waals surface area (Å²) in [7, 11) is 1.85. The first-order chi connectivity index (χ1) is 7.65. The summed E-state index contributed by atoms with van der Waals surface area (Å²) in [4.78, 5) is 11.1. The molecule has 1 N–H and O–H groups in total. The van der Waals surface area contributed by atoms with Crippen LogP contribution in [0.3, 0.4) is 0 Å². The van der Waals surface area contributed by atoms with Gasteiger partial charge in [-0.1, -0.05) is 0 Å². The van der Waals surface area contributed by atoms with Crippen LogP contribution in [-0.2, 0) is 13.6 Å². The lowest BCUT2D eigenvalue weighted by atomic mass is 10.3. The second kappa shape index (κ2) is 3.10. The Morgan fingerprint density at radius 1 is 1.62 bits per heavy atom. The summed E-state index contributed by atoms with van der Waals surface area (Å²) in [6, 6.07) is 1.70. The molecule has 0 atom stereocenters. The van der Waals surface area contributed by atoms with Crippen molar-refractivity contribution in [3.63, 3.8) is 0 Å². The highest BCUT2D eigenvalue weighted by atomic mass is 16.4. The van der Waals surface area contributed by atoms with Crippen LogP contribution in [0.5, 0.6) is 0 Å². The van der Waals surface area contributed by atoms with Crippen LogP contribution in [0, 0.1) is 5.92 Å². The van der Waals surface area contributed by atoms with E-state index in [2.05, 4.69) is 5.10 Å². The van der Waals surface area contributed by atoms with Crippen molar-refractivity contribution >= 4 is 17.0 Å². The Balaban J connectivity index is 2.15. The molecule has 0 unspecified atom stereocenters. The highest BCUT2D eigenvalue weighted by Crippen LogP contribution is 2.32. The molecule has 16 heavy (non-hydrogen) atoms. The van der Waals surface area contributed by atoms with Crippen LogP contribution in [0.1, 0.15) is 23.3 Å². The Kier molecular flexibility index (Phi) is 1.83. The zero-order valence-corrected chi connectivity index (χ0v) is 9.05. The summed E-state index contributed by atoms with van der Waals surface area (Å²) in [5.74, 6) is -0.239. The maximum absolute atomic E-state index is 11.1. The molecule has 2 heterocycles. The standard InChI is InChI=1S/C11H13N3O2/c1-13-6-8-4-9(11(15)16)14(10(8)12-13)5-7-2-3-7/h4,6-7H,2-3,5H2,1H3,(H,15,16). The van der Waals surface area contributed by atoms with Gasteiger partial charge in [-0.05, 0) is 24.8 Å². The number of hydrogen-bond acceptors (Lipinski definition) is 2. The molecule has 1 aliphatic carbocycles. The van der Waals surface area contributed by atoms with Gasteiger partial charge in [0.2, 0.25) is 0 Å². The van der Waals surface area contributed by atoms with Crippen LogP contribution in [0.2, 0.25) is 0 Å². The summed E-state index contributed by atoms with van der Waals surface area (Å²) in [6.45, 7) is 0.780. The van der Waals surface area contributed by atoms with E-state index in [1.54, 1.807) is 10.7 Å². The minimum absolute atomic E-state index is 0.352. The Hall–Kier alpha value is -1.78. The van der Waals surface area contributed by atoms with Crippen LogP contribution < -0.4 is 0 Å². The van der Waals surface area contributed by atoms with E-state index in [-0.39, 0.29) is 0 Å². The van der Waals surface area contributed by atoms with Crippen LogP contribution in [-0.4, -0.2) is 25.4 Å². The minimum Gasteiger partial charge on any atom is -0.477 e. The highest BCUT2D eigenvalue weighted by molar-refractivity contribution is 5.93. The Bertz CT molecular complexity index is 563. The van der Waals surface area contributed by atoms with Crippen molar-refractivity contribution in [2.45, 2.75) is 19.4 Å². The second-order valence-corrected chi connectivity index (χ2v) is 4.47. The van der Waals surface area contributed by atoms with Gasteiger partial charge in [0.1, 0.15) is 5.69 Å². The first kappa shape index (κ1) is 9.45. The fraction of sp³-hybridized carbons (Fsp3) is 0.455. The van der Waals surface area contributed by atoms with Crippen molar-refractivity contribution in [3.05, 3.63) is 18.0 Å². The fourth-order valence-electron chi connectivity index (χ4n) is 2.07. The number of carboxylic acids is 1. The van der Waals surface area contributed by atoms with E-state index in [1.165, 1.54) is 12.8 Å². The van der Waals surface area contributed by atoms with Crippen LogP contribution >= 0.6 is 0 Å². The Labute approximate surface area is 92.3 Å². The van der Waals surface area contributed by atoms with Crippen molar-refractivity contribution in [2.75, 3.05) is 0 Å². The van der Waals surface area contributed by atoms with Gasteiger partial charge in [-0.2, -0.15) is 5.10 Å². The van der Waals surface area contributed by atoms with E-state index >= 15 is 0 Å². The molecule has 1 saturated carbocycles. The van der Waals surface area contributed by atoms with Crippen LogP contribution in [0.15, 0.2) is 12.3 Å². The maximum Gasteiger partial charge on any atom is 0.352 e. The average Bonchev–Trinajstić information content (AvgIpc) is 2.86. The molecule has 1 fully saturated rings. The van der Waals surface area contributed by atoms with Crippen molar-refractivity contribution in [1.82, 2.24) is 14.3 Å². The van der Waals surface area contributed by atoms with Gasteiger partial charge in [0.05, 0.1) is 0 Å². The Morgan fingerprint density at radius 3 is 3.00 bits per heavy atom. The molecule has 1 aliphatic rings. The number of aromatic carboxylic acids is 1. The smallest absolute Gasteiger partial charge is 0.352 e. The predicted octanol–water partition coefficient (Wildman–Crippen LogP) is 1.48. The van der Waals surface area contributed by atoms with Gasteiger partial charge in [-0.15, -0.1) is 0 Å². The zero-order chi connectivity index (χ0) is 11.3. The van der Waals surface area contributed by atoms with E-state index in [0.29, 0.717) is 11.6 Å². The summed E-state index contributed by atoms with van der Waals surface area (Å²) >= 11 is 0. The van der Waals surface area contributed by atoms with Crippen molar-refractivity contribution in [1.29, 1.82) is 0 Å². The summed E-state index contributed by atoms with van der Waals surface area (Å²) < 4.78 is 3.55. The number of nitrogens with zero attached hydrogens (tertiary/aromatic N) is 3. The Morgan fingerprint density at radius 2 is 2.38 bits per heavy atom. The molecule has 0 aliphatic heterocycles. The quantitative estimate of drug-likeness (QED) is 0.850. The number of aromatic nitrogens is 3. The highest BCUT2D eigenvalue weighted by Gasteiger charge is 2.26. The van der Waals surface area contributed by atoms with Gasteiger partial charge in [0.15, 0.2) is 5.65 Å². The van der Waals surface area contributed by atoms with Gasteiger partial charge < -0.3 is 9.67 Å². The van der Waals surface area contributed by atoms with E-state index < -0.39 is 5.97 Å². The first-order valence-electron chi connectivity index (χ1n) is 5.41. The third-order valence-corrected chi connectivity index (χ3v) is 3.03. The molecule has 0 aromatic carbocycles. The molecule has 2 aromatic rings. The molecule has 0 bridgehead atoms. The number of aryl methyl sites for hydroxylation is 1. The number of rotatable bonds is 3. The minimum atomic E-state index is -0.874. The third-order valence-electron chi connectivity index (χ3n) is 3.03. The summed E-state index contributed by atoms with van der Waals surface area (Å²) in [5.41, 5.74) is 1.14. The fourth-order valence-corrected chi connectivity index (χ4v) is 2.07. The molecule has 0 amide bonds. The largest absolute Gasteiger partial charge is 0.477 e. The van der Waals surface area contributed by atoms with Crippen molar-refractivity contribution in [3.8, 4) is 0 Å². The lowest BCUT2D eigenvalue weighted by Crippen LogP contribution is -2.10.